The molecule has 0 amide bonds. The van der Waals surface area contributed by atoms with E-state index >= 15 is 0 Å². The van der Waals surface area contributed by atoms with Gasteiger partial charge in [0, 0.05) is 25.7 Å². The Hall–Kier alpha value is -1.94. The number of phosphoric acid groups is 2. The molecule has 17 nitrogen and oxygen atoms in total. The third-order valence-corrected chi connectivity index (χ3v) is 17.6. The Balaban J connectivity index is 5.25. The zero-order valence-electron chi connectivity index (χ0n) is 55.8. The second-order valence-corrected chi connectivity index (χ2v) is 28.3. The van der Waals surface area contributed by atoms with Gasteiger partial charge in [0.15, 0.2) is 12.2 Å². The monoisotopic (exact) mass is 1270 g/mol. The standard InChI is InChI=1S/C67H130O17P2/c1-8-10-11-12-13-14-21-26-34-41-48-64(69)78-55-63(84-67(72)51-44-37-30-29-33-40-47-60(7)9-2)57-82-86(75,76)80-53-61(68)52-79-85(73,74)81-56-62(54-77-65(70)49-42-35-27-23-18-20-25-32-39-46-59(5)6)83-66(71)50-43-36-28-22-17-15-16-19-24-31-38-45-58(3)4/h58-63,68H,8-57H2,1-7H3,(H,73,74)(H,75,76)/t60?,61-,62-,63-/m1/s1. The van der Waals surface area contributed by atoms with Crippen LogP contribution in [0.5, 0.6) is 0 Å². The highest BCUT2D eigenvalue weighted by Crippen LogP contribution is 2.45. The van der Waals surface area contributed by atoms with Crippen LogP contribution in [0.15, 0.2) is 0 Å². The third kappa shape index (κ3) is 59.7. The molecular weight excluding hydrogens is 1140 g/mol. The summed E-state index contributed by atoms with van der Waals surface area (Å²) in [6.45, 7) is 11.7. The molecule has 0 rings (SSSR count). The summed E-state index contributed by atoms with van der Waals surface area (Å²) in [5.74, 6) is 0.0961. The molecule has 0 spiro atoms. The largest absolute Gasteiger partial charge is 0.472 e. The topological polar surface area (TPSA) is 237 Å². The highest BCUT2D eigenvalue weighted by atomic mass is 31.2. The van der Waals surface area contributed by atoms with E-state index in [1.807, 2.05) is 0 Å². The summed E-state index contributed by atoms with van der Waals surface area (Å²) in [5, 5.41) is 10.6. The Morgan fingerprint density at radius 1 is 0.337 bits per heavy atom. The maximum atomic E-state index is 13.0. The number of carbonyl (C=O) groups excluding carboxylic acids is 4. The maximum absolute atomic E-state index is 13.0. The number of hydrogen-bond donors (Lipinski definition) is 3. The summed E-state index contributed by atoms with van der Waals surface area (Å²) >= 11 is 0. The van der Waals surface area contributed by atoms with E-state index in [2.05, 4.69) is 48.5 Å². The molecule has 0 aromatic carbocycles. The summed E-state index contributed by atoms with van der Waals surface area (Å²) in [5.41, 5.74) is 0. The normalized spacial score (nSPS) is 14.6. The molecule has 0 aliphatic rings. The molecule has 6 atom stereocenters. The highest BCUT2D eigenvalue weighted by Gasteiger charge is 2.30. The van der Waals surface area contributed by atoms with E-state index < -0.39 is 97.5 Å². The van der Waals surface area contributed by atoms with Gasteiger partial charge in [-0.15, -0.1) is 0 Å². The lowest BCUT2D eigenvalue weighted by atomic mass is 10.00. The Bertz CT molecular complexity index is 1700. The first-order valence-corrected chi connectivity index (χ1v) is 37.9. The van der Waals surface area contributed by atoms with Gasteiger partial charge in [0.1, 0.15) is 19.3 Å². The van der Waals surface area contributed by atoms with E-state index in [4.69, 9.17) is 37.0 Å². The molecule has 510 valence electrons. The fourth-order valence-corrected chi connectivity index (χ4v) is 11.6. The average molecular weight is 1270 g/mol. The lowest BCUT2D eigenvalue weighted by Gasteiger charge is -2.21. The van der Waals surface area contributed by atoms with Crippen LogP contribution >= 0.6 is 15.6 Å². The van der Waals surface area contributed by atoms with E-state index in [9.17, 15) is 43.2 Å². The lowest BCUT2D eigenvalue weighted by molar-refractivity contribution is -0.161. The van der Waals surface area contributed by atoms with Gasteiger partial charge in [0.2, 0.25) is 0 Å². The third-order valence-electron chi connectivity index (χ3n) is 15.7. The summed E-state index contributed by atoms with van der Waals surface area (Å²) in [6, 6.07) is 0. The molecule has 0 fully saturated rings. The molecule has 86 heavy (non-hydrogen) atoms. The van der Waals surface area contributed by atoms with Crippen molar-refractivity contribution >= 4 is 39.5 Å². The molecular formula is C67H130O17P2. The van der Waals surface area contributed by atoms with E-state index in [-0.39, 0.29) is 25.7 Å². The number of aliphatic hydroxyl groups excluding tert-OH is 1. The van der Waals surface area contributed by atoms with Crippen molar-refractivity contribution in [2.45, 2.75) is 349 Å². The van der Waals surface area contributed by atoms with Crippen LogP contribution in [0.3, 0.4) is 0 Å². The van der Waals surface area contributed by atoms with Crippen LogP contribution in [0.2, 0.25) is 0 Å². The molecule has 0 saturated heterocycles. The first kappa shape index (κ1) is 84.1. The molecule has 19 heteroatoms. The minimum absolute atomic E-state index is 0.103. The molecule has 0 heterocycles. The Morgan fingerprint density at radius 2 is 0.593 bits per heavy atom. The molecule has 0 aromatic heterocycles. The van der Waals surface area contributed by atoms with Crippen LogP contribution in [0.4, 0.5) is 0 Å². The quantitative estimate of drug-likeness (QED) is 0.0222. The fraction of sp³-hybridized carbons (Fsp3) is 0.940. The van der Waals surface area contributed by atoms with E-state index in [0.717, 1.165) is 108 Å². The Morgan fingerprint density at radius 3 is 0.884 bits per heavy atom. The van der Waals surface area contributed by atoms with Gasteiger partial charge in [-0.3, -0.25) is 37.3 Å². The number of carbonyl (C=O) groups is 4. The molecule has 3 N–H and O–H groups in total. The van der Waals surface area contributed by atoms with Gasteiger partial charge in [-0.1, -0.05) is 280 Å². The SMILES string of the molecule is CCCCCCCCCCCCC(=O)OC[C@H](COP(=O)(O)OC[C@H](O)COP(=O)(O)OC[C@@H](COC(=O)CCCCCCCCCCCC(C)C)OC(=O)CCCCCCCCCCCCCC(C)C)OC(=O)CCCCCCCCC(C)CC. The van der Waals surface area contributed by atoms with Crippen LogP contribution in [0.1, 0.15) is 331 Å². The number of aliphatic hydroxyl groups is 1. The molecule has 3 unspecified atom stereocenters. The van der Waals surface area contributed by atoms with E-state index in [1.54, 1.807) is 0 Å². The van der Waals surface area contributed by atoms with Gasteiger partial charge in [-0.05, 0) is 43.4 Å². The first-order valence-electron chi connectivity index (χ1n) is 34.9. The summed E-state index contributed by atoms with van der Waals surface area (Å²) in [6.07, 6.45) is 40.3. The second kappa shape index (κ2) is 58.2. The Labute approximate surface area is 524 Å². The smallest absolute Gasteiger partial charge is 0.462 e. The first-order chi connectivity index (χ1) is 41.3. The zero-order chi connectivity index (χ0) is 63.8. The van der Waals surface area contributed by atoms with Crippen molar-refractivity contribution in [2.24, 2.45) is 17.8 Å². The van der Waals surface area contributed by atoms with Crippen LogP contribution < -0.4 is 0 Å². The maximum Gasteiger partial charge on any atom is 0.472 e. The van der Waals surface area contributed by atoms with Crippen molar-refractivity contribution in [3.8, 4) is 0 Å². The number of phosphoric ester groups is 2. The van der Waals surface area contributed by atoms with E-state index in [1.165, 1.54) is 141 Å². The number of unbranched alkanes of at least 4 members (excludes halogenated alkanes) is 32. The fourth-order valence-electron chi connectivity index (χ4n) is 9.98. The van der Waals surface area contributed by atoms with E-state index in [0.29, 0.717) is 25.7 Å². The number of esters is 4. The molecule has 0 saturated carbocycles. The van der Waals surface area contributed by atoms with Gasteiger partial charge >= 0.3 is 39.5 Å². The summed E-state index contributed by atoms with van der Waals surface area (Å²) < 4.78 is 68.1. The molecule has 0 aliphatic carbocycles. The molecule has 0 aliphatic heterocycles. The lowest BCUT2D eigenvalue weighted by Crippen LogP contribution is -2.30. The van der Waals surface area contributed by atoms with Crippen molar-refractivity contribution in [3.63, 3.8) is 0 Å². The van der Waals surface area contributed by atoms with Crippen LogP contribution in [0, 0.1) is 17.8 Å². The van der Waals surface area contributed by atoms with Crippen molar-refractivity contribution in [2.75, 3.05) is 39.6 Å². The highest BCUT2D eigenvalue weighted by molar-refractivity contribution is 7.47. The second-order valence-electron chi connectivity index (χ2n) is 25.4. The van der Waals surface area contributed by atoms with Crippen molar-refractivity contribution in [1.29, 1.82) is 0 Å². The number of hydrogen-bond acceptors (Lipinski definition) is 15. The minimum Gasteiger partial charge on any atom is -0.462 e. The predicted octanol–water partition coefficient (Wildman–Crippen LogP) is 18.7. The molecule has 0 radical (unpaired) electrons. The summed E-state index contributed by atoms with van der Waals surface area (Å²) in [4.78, 5) is 72.4. The minimum atomic E-state index is -4.95. The summed E-state index contributed by atoms with van der Waals surface area (Å²) in [7, 11) is -9.89. The molecule has 0 aromatic rings. The predicted molar refractivity (Wildman–Crippen MR) is 344 cm³/mol. The molecule has 0 bridgehead atoms. The number of ether oxygens (including phenoxy) is 4. The Kier molecular flexibility index (Phi) is 56.9. The van der Waals surface area contributed by atoms with Crippen LogP contribution in [0.25, 0.3) is 0 Å². The average Bonchev–Trinajstić information content (AvgIpc) is 3.49. The van der Waals surface area contributed by atoms with Gasteiger partial charge in [-0.25, -0.2) is 9.13 Å². The van der Waals surface area contributed by atoms with Gasteiger partial charge < -0.3 is 33.8 Å². The van der Waals surface area contributed by atoms with Crippen molar-refractivity contribution in [3.05, 3.63) is 0 Å². The number of rotatable bonds is 65. The van der Waals surface area contributed by atoms with Gasteiger partial charge in [0.25, 0.3) is 0 Å². The van der Waals surface area contributed by atoms with Crippen molar-refractivity contribution < 1.29 is 80.2 Å². The van der Waals surface area contributed by atoms with Crippen LogP contribution in [-0.4, -0.2) is 96.7 Å². The zero-order valence-corrected chi connectivity index (χ0v) is 57.6. The van der Waals surface area contributed by atoms with Gasteiger partial charge in [-0.2, -0.15) is 0 Å². The van der Waals surface area contributed by atoms with Crippen molar-refractivity contribution in [1.82, 2.24) is 0 Å². The van der Waals surface area contributed by atoms with Crippen LogP contribution in [-0.2, 0) is 65.4 Å². The van der Waals surface area contributed by atoms with Gasteiger partial charge in [0.05, 0.1) is 26.4 Å².